The molecular weight excluding hydrogens is 158 g/mol. The van der Waals surface area contributed by atoms with Gasteiger partial charge in [-0.15, -0.1) is 0 Å². The van der Waals surface area contributed by atoms with Crippen LogP contribution in [0.25, 0.3) is 0 Å². The Hall–Kier alpha value is -1.08. The molecule has 0 saturated carbocycles. The summed E-state index contributed by atoms with van der Waals surface area (Å²) in [6.45, 7) is 10.0. The molecule has 0 bridgehead atoms. The van der Waals surface area contributed by atoms with Crippen molar-refractivity contribution in [2.24, 2.45) is 5.73 Å². The van der Waals surface area contributed by atoms with Gasteiger partial charge in [0.05, 0.1) is 6.04 Å². The third-order valence-electron chi connectivity index (χ3n) is 2.42. The van der Waals surface area contributed by atoms with E-state index in [9.17, 15) is 0 Å². The maximum Gasteiger partial charge on any atom is 0.0505 e. The average Bonchev–Trinajstić information content (AvgIpc) is 2.08. The summed E-state index contributed by atoms with van der Waals surface area (Å²) < 4.78 is 0. The predicted octanol–water partition coefficient (Wildman–Crippen LogP) is 2.88. The standard InChI is InChI=1S/C12H17N/c1-8(2)12(13)11-6-5-9(3)10(4)7-11/h5-7,12H,1,13H2,2-4H3. The molecule has 0 saturated heterocycles. The number of hydrogen-bond acceptors (Lipinski definition) is 1. The van der Waals surface area contributed by atoms with Crippen LogP contribution in [0.2, 0.25) is 0 Å². The minimum atomic E-state index is -0.0284. The lowest BCUT2D eigenvalue weighted by molar-refractivity contribution is 0.848. The Morgan fingerprint density at radius 1 is 1.31 bits per heavy atom. The number of nitrogens with two attached hydrogens (primary N) is 1. The van der Waals surface area contributed by atoms with E-state index in [1.54, 1.807) is 0 Å². The molecule has 1 aromatic carbocycles. The molecule has 0 aliphatic carbocycles. The summed E-state index contributed by atoms with van der Waals surface area (Å²) in [7, 11) is 0. The molecule has 0 fully saturated rings. The van der Waals surface area contributed by atoms with E-state index >= 15 is 0 Å². The quantitative estimate of drug-likeness (QED) is 0.687. The van der Waals surface area contributed by atoms with Crippen LogP contribution in [0.5, 0.6) is 0 Å². The summed E-state index contributed by atoms with van der Waals surface area (Å²) >= 11 is 0. The highest BCUT2D eigenvalue weighted by Gasteiger charge is 2.06. The molecule has 0 aromatic heterocycles. The van der Waals surface area contributed by atoms with Gasteiger partial charge in [-0.2, -0.15) is 0 Å². The van der Waals surface area contributed by atoms with Gasteiger partial charge in [0.2, 0.25) is 0 Å². The molecule has 1 atom stereocenters. The monoisotopic (exact) mass is 175 g/mol. The predicted molar refractivity (Wildman–Crippen MR) is 57.7 cm³/mol. The van der Waals surface area contributed by atoms with Gasteiger partial charge in [0, 0.05) is 0 Å². The summed E-state index contributed by atoms with van der Waals surface area (Å²) in [6.07, 6.45) is 0. The van der Waals surface area contributed by atoms with Gasteiger partial charge in [0.1, 0.15) is 0 Å². The molecule has 0 radical (unpaired) electrons. The Labute approximate surface area is 80.3 Å². The Bertz CT molecular complexity index is 326. The first-order chi connectivity index (χ1) is 6.02. The molecule has 1 aromatic rings. The van der Waals surface area contributed by atoms with E-state index in [2.05, 4.69) is 38.6 Å². The van der Waals surface area contributed by atoms with E-state index < -0.39 is 0 Å². The van der Waals surface area contributed by atoms with Crippen LogP contribution >= 0.6 is 0 Å². The smallest absolute Gasteiger partial charge is 0.0505 e. The van der Waals surface area contributed by atoms with Crippen molar-refractivity contribution in [3.05, 3.63) is 47.0 Å². The van der Waals surface area contributed by atoms with Crippen molar-refractivity contribution in [2.75, 3.05) is 0 Å². The number of rotatable bonds is 2. The zero-order valence-corrected chi connectivity index (χ0v) is 8.59. The van der Waals surface area contributed by atoms with Crippen LogP contribution in [0.1, 0.15) is 29.7 Å². The number of benzene rings is 1. The first-order valence-electron chi connectivity index (χ1n) is 4.50. The van der Waals surface area contributed by atoms with E-state index in [1.807, 2.05) is 6.92 Å². The van der Waals surface area contributed by atoms with Crippen LogP contribution < -0.4 is 5.73 Å². The average molecular weight is 175 g/mol. The fourth-order valence-corrected chi connectivity index (χ4v) is 1.24. The van der Waals surface area contributed by atoms with Gasteiger partial charge >= 0.3 is 0 Å². The minimum Gasteiger partial charge on any atom is -0.321 e. The molecule has 0 spiro atoms. The van der Waals surface area contributed by atoms with Crippen molar-refractivity contribution >= 4 is 0 Å². The van der Waals surface area contributed by atoms with Gasteiger partial charge in [-0.25, -0.2) is 0 Å². The molecular formula is C12H17N. The van der Waals surface area contributed by atoms with E-state index in [4.69, 9.17) is 5.73 Å². The second kappa shape index (κ2) is 3.75. The van der Waals surface area contributed by atoms with Gasteiger partial charge in [-0.1, -0.05) is 30.4 Å². The molecule has 0 heterocycles. The highest BCUT2D eigenvalue weighted by Crippen LogP contribution is 2.19. The van der Waals surface area contributed by atoms with E-state index in [0.717, 1.165) is 11.1 Å². The van der Waals surface area contributed by atoms with E-state index in [0.29, 0.717) is 0 Å². The molecule has 2 N–H and O–H groups in total. The first-order valence-corrected chi connectivity index (χ1v) is 4.50. The molecule has 13 heavy (non-hydrogen) atoms. The Kier molecular flexibility index (Phi) is 2.89. The molecule has 70 valence electrons. The van der Waals surface area contributed by atoms with Crippen molar-refractivity contribution in [1.82, 2.24) is 0 Å². The van der Waals surface area contributed by atoms with Crippen molar-refractivity contribution in [2.45, 2.75) is 26.8 Å². The maximum atomic E-state index is 5.96. The van der Waals surface area contributed by atoms with Crippen LogP contribution in [-0.2, 0) is 0 Å². The SMILES string of the molecule is C=C(C)C(N)c1ccc(C)c(C)c1. The van der Waals surface area contributed by atoms with Crippen LogP contribution in [0.15, 0.2) is 30.4 Å². The van der Waals surface area contributed by atoms with Crippen molar-refractivity contribution in [1.29, 1.82) is 0 Å². The highest BCUT2D eigenvalue weighted by atomic mass is 14.6. The summed E-state index contributed by atoms with van der Waals surface area (Å²) in [4.78, 5) is 0. The third-order valence-corrected chi connectivity index (χ3v) is 2.42. The fraction of sp³-hybridized carbons (Fsp3) is 0.333. The fourth-order valence-electron chi connectivity index (χ4n) is 1.24. The molecule has 1 heteroatoms. The number of hydrogen-bond donors (Lipinski definition) is 1. The molecule has 0 aliphatic rings. The molecule has 1 rings (SSSR count). The Morgan fingerprint density at radius 2 is 1.92 bits per heavy atom. The topological polar surface area (TPSA) is 26.0 Å². The van der Waals surface area contributed by atoms with Crippen molar-refractivity contribution in [3.63, 3.8) is 0 Å². The normalized spacial score (nSPS) is 12.6. The second-order valence-corrected chi connectivity index (χ2v) is 3.67. The van der Waals surface area contributed by atoms with Crippen LogP contribution in [0.4, 0.5) is 0 Å². The van der Waals surface area contributed by atoms with Gasteiger partial charge in [-0.3, -0.25) is 0 Å². The summed E-state index contributed by atoms with van der Waals surface area (Å²) in [5.74, 6) is 0. The molecule has 0 aliphatic heterocycles. The van der Waals surface area contributed by atoms with Gasteiger partial charge < -0.3 is 5.73 Å². The lowest BCUT2D eigenvalue weighted by Crippen LogP contribution is -2.11. The minimum absolute atomic E-state index is 0.0284. The van der Waals surface area contributed by atoms with Crippen molar-refractivity contribution < 1.29 is 0 Å². The van der Waals surface area contributed by atoms with Crippen molar-refractivity contribution in [3.8, 4) is 0 Å². The second-order valence-electron chi connectivity index (χ2n) is 3.67. The van der Waals surface area contributed by atoms with Gasteiger partial charge in [0.25, 0.3) is 0 Å². The highest BCUT2D eigenvalue weighted by molar-refractivity contribution is 5.34. The zero-order chi connectivity index (χ0) is 10.0. The van der Waals surface area contributed by atoms with Crippen LogP contribution in [-0.4, -0.2) is 0 Å². The molecule has 0 amide bonds. The largest absolute Gasteiger partial charge is 0.321 e. The lowest BCUT2D eigenvalue weighted by Gasteiger charge is -2.13. The Balaban J connectivity index is 3.03. The van der Waals surface area contributed by atoms with Crippen LogP contribution in [0.3, 0.4) is 0 Å². The molecule has 1 unspecified atom stereocenters. The first kappa shape index (κ1) is 10.0. The third kappa shape index (κ3) is 2.19. The van der Waals surface area contributed by atoms with Gasteiger partial charge in [0.15, 0.2) is 0 Å². The summed E-state index contributed by atoms with van der Waals surface area (Å²) in [5.41, 5.74) is 10.7. The Morgan fingerprint density at radius 3 is 2.38 bits per heavy atom. The maximum absolute atomic E-state index is 5.96. The summed E-state index contributed by atoms with van der Waals surface area (Å²) in [5, 5.41) is 0. The number of aryl methyl sites for hydroxylation is 2. The lowest BCUT2D eigenvalue weighted by atomic mass is 9.98. The van der Waals surface area contributed by atoms with E-state index in [1.165, 1.54) is 11.1 Å². The van der Waals surface area contributed by atoms with Gasteiger partial charge in [-0.05, 0) is 37.5 Å². The zero-order valence-electron chi connectivity index (χ0n) is 8.59. The molecule has 1 nitrogen and oxygen atoms in total. The van der Waals surface area contributed by atoms with Crippen LogP contribution in [0, 0.1) is 13.8 Å². The summed E-state index contributed by atoms with van der Waals surface area (Å²) in [6, 6.07) is 6.28. The van der Waals surface area contributed by atoms with E-state index in [-0.39, 0.29) is 6.04 Å².